The Labute approximate surface area is 209 Å². The monoisotopic (exact) mass is 487 g/mol. The number of aromatic nitrogens is 4. The number of para-hydroxylation sites is 1. The molecular formula is C27H29N5O2S. The summed E-state index contributed by atoms with van der Waals surface area (Å²) < 4.78 is 9.79. The lowest BCUT2D eigenvalue weighted by Gasteiger charge is -2.14. The molecule has 8 heteroatoms. The van der Waals surface area contributed by atoms with E-state index >= 15 is 0 Å². The second-order valence-electron chi connectivity index (χ2n) is 8.68. The number of ether oxygens (including phenoxy) is 1. The van der Waals surface area contributed by atoms with Crippen LogP contribution in [0.2, 0.25) is 0 Å². The van der Waals surface area contributed by atoms with Gasteiger partial charge in [-0.15, -0.1) is 0 Å². The molecule has 0 spiro atoms. The fourth-order valence-corrected chi connectivity index (χ4v) is 5.14. The lowest BCUT2D eigenvalue weighted by atomic mass is 10.2. The lowest BCUT2D eigenvalue weighted by Crippen LogP contribution is -2.19. The quantitative estimate of drug-likeness (QED) is 0.343. The first-order chi connectivity index (χ1) is 17.1. The van der Waals surface area contributed by atoms with Crippen molar-refractivity contribution in [3.63, 3.8) is 0 Å². The third-order valence-electron chi connectivity index (χ3n) is 6.21. The van der Waals surface area contributed by atoms with Crippen molar-refractivity contribution in [3.8, 4) is 16.9 Å². The summed E-state index contributed by atoms with van der Waals surface area (Å²) in [4.78, 5) is 17.7. The molecule has 2 aromatic carbocycles. The van der Waals surface area contributed by atoms with Crippen molar-refractivity contribution in [1.82, 2.24) is 19.3 Å². The standard InChI is InChI=1S/C27H29N5O2S/c1-19-20(2)31(17-23-14-9-15-34-23)27(28-19)35-18-26(33)29-25-16-24(21-10-5-3-6-11-21)30-32(25)22-12-7-4-8-13-22/h3-8,10-13,16,23H,9,14-15,17-18H2,1-2H3,(H,29,33). The third kappa shape index (κ3) is 5.33. The molecule has 1 fully saturated rings. The molecule has 180 valence electrons. The van der Waals surface area contributed by atoms with Crippen LogP contribution < -0.4 is 5.32 Å². The van der Waals surface area contributed by atoms with Crippen molar-refractivity contribution in [1.29, 1.82) is 0 Å². The number of thioether (sulfide) groups is 1. The zero-order chi connectivity index (χ0) is 24.2. The van der Waals surface area contributed by atoms with Gasteiger partial charge in [0.1, 0.15) is 5.82 Å². The number of carbonyl (C=O) groups is 1. The highest BCUT2D eigenvalue weighted by molar-refractivity contribution is 7.99. The number of rotatable bonds is 8. The van der Waals surface area contributed by atoms with Gasteiger partial charge in [-0.3, -0.25) is 4.79 Å². The average molecular weight is 488 g/mol. The van der Waals surface area contributed by atoms with Gasteiger partial charge in [0.25, 0.3) is 0 Å². The van der Waals surface area contributed by atoms with Gasteiger partial charge >= 0.3 is 0 Å². The van der Waals surface area contributed by atoms with Gasteiger partial charge in [0.15, 0.2) is 5.16 Å². The maximum absolute atomic E-state index is 13.0. The first kappa shape index (κ1) is 23.4. The minimum Gasteiger partial charge on any atom is -0.376 e. The molecule has 1 N–H and O–H groups in total. The summed E-state index contributed by atoms with van der Waals surface area (Å²) in [6.07, 6.45) is 2.38. The largest absolute Gasteiger partial charge is 0.376 e. The van der Waals surface area contributed by atoms with E-state index in [0.29, 0.717) is 5.82 Å². The molecule has 1 amide bonds. The Morgan fingerprint density at radius 1 is 1.11 bits per heavy atom. The highest BCUT2D eigenvalue weighted by atomic mass is 32.2. The maximum atomic E-state index is 13.0. The summed E-state index contributed by atoms with van der Waals surface area (Å²) in [6.45, 7) is 5.68. The van der Waals surface area contributed by atoms with Crippen molar-refractivity contribution in [2.24, 2.45) is 0 Å². The van der Waals surface area contributed by atoms with Crippen molar-refractivity contribution >= 4 is 23.5 Å². The van der Waals surface area contributed by atoms with Gasteiger partial charge in [0.2, 0.25) is 5.91 Å². The van der Waals surface area contributed by atoms with Gasteiger partial charge in [-0.2, -0.15) is 5.10 Å². The minimum absolute atomic E-state index is 0.103. The van der Waals surface area contributed by atoms with Crippen LogP contribution in [0.1, 0.15) is 24.2 Å². The molecule has 1 unspecified atom stereocenters. The smallest absolute Gasteiger partial charge is 0.236 e. The minimum atomic E-state index is -0.103. The molecule has 3 heterocycles. The average Bonchev–Trinajstić information content (AvgIpc) is 3.61. The molecule has 0 radical (unpaired) electrons. The summed E-state index contributed by atoms with van der Waals surface area (Å²) in [6, 6.07) is 21.7. The predicted octanol–water partition coefficient (Wildman–Crippen LogP) is 5.26. The number of hydrogen-bond donors (Lipinski definition) is 1. The molecule has 2 aromatic heterocycles. The summed E-state index contributed by atoms with van der Waals surface area (Å²) in [7, 11) is 0. The topological polar surface area (TPSA) is 74.0 Å². The molecule has 1 aliphatic rings. The van der Waals surface area contributed by atoms with Crippen LogP contribution >= 0.6 is 11.8 Å². The van der Waals surface area contributed by atoms with Crippen LogP contribution in [0.15, 0.2) is 71.9 Å². The van der Waals surface area contributed by atoms with E-state index < -0.39 is 0 Å². The Hall–Kier alpha value is -3.36. The lowest BCUT2D eigenvalue weighted by molar-refractivity contribution is -0.113. The van der Waals surface area contributed by atoms with Gasteiger partial charge in [-0.05, 0) is 38.8 Å². The van der Waals surface area contributed by atoms with E-state index in [0.717, 1.165) is 59.5 Å². The summed E-state index contributed by atoms with van der Waals surface area (Å²) in [5.41, 5.74) is 4.79. The Balaban J connectivity index is 1.33. The third-order valence-corrected chi connectivity index (χ3v) is 7.19. The van der Waals surface area contributed by atoms with Crippen molar-refractivity contribution in [2.45, 2.75) is 44.5 Å². The number of carbonyl (C=O) groups excluding carboxylic acids is 1. The van der Waals surface area contributed by atoms with E-state index in [1.165, 1.54) is 11.8 Å². The van der Waals surface area contributed by atoms with E-state index in [2.05, 4.69) is 16.8 Å². The highest BCUT2D eigenvalue weighted by Gasteiger charge is 2.21. The van der Waals surface area contributed by atoms with E-state index in [1.54, 1.807) is 4.68 Å². The summed E-state index contributed by atoms with van der Waals surface area (Å²) in [5.74, 6) is 0.784. The number of aryl methyl sites for hydroxylation is 1. The fraction of sp³-hybridized carbons (Fsp3) is 0.296. The normalized spacial score (nSPS) is 15.4. The van der Waals surface area contributed by atoms with Gasteiger partial charge in [-0.25, -0.2) is 9.67 Å². The molecular weight excluding hydrogens is 458 g/mol. The van der Waals surface area contributed by atoms with Crippen LogP contribution in [0.3, 0.4) is 0 Å². The molecule has 1 atom stereocenters. The van der Waals surface area contributed by atoms with Gasteiger partial charge < -0.3 is 14.6 Å². The molecule has 0 bridgehead atoms. The molecule has 35 heavy (non-hydrogen) atoms. The number of imidazole rings is 1. The molecule has 5 rings (SSSR count). The zero-order valence-corrected chi connectivity index (χ0v) is 20.8. The van der Waals surface area contributed by atoms with E-state index in [4.69, 9.17) is 14.8 Å². The Morgan fingerprint density at radius 3 is 2.57 bits per heavy atom. The number of benzene rings is 2. The van der Waals surface area contributed by atoms with E-state index in [9.17, 15) is 4.79 Å². The van der Waals surface area contributed by atoms with Crippen molar-refractivity contribution in [3.05, 3.63) is 78.1 Å². The first-order valence-corrected chi connectivity index (χ1v) is 12.9. The van der Waals surface area contributed by atoms with Crippen LogP contribution in [-0.2, 0) is 16.1 Å². The predicted molar refractivity (Wildman–Crippen MR) is 139 cm³/mol. The zero-order valence-electron chi connectivity index (χ0n) is 20.0. The number of nitrogens with zero attached hydrogens (tertiary/aromatic N) is 4. The molecule has 0 saturated carbocycles. The SMILES string of the molecule is Cc1nc(SCC(=O)Nc2cc(-c3ccccc3)nn2-c2ccccc2)n(CC2CCCO2)c1C. The molecule has 7 nitrogen and oxygen atoms in total. The van der Waals surface area contributed by atoms with Crippen LogP contribution in [0.5, 0.6) is 0 Å². The van der Waals surface area contributed by atoms with E-state index in [-0.39, 0.29) is 17.8 Å². The summed E-state index contributed by atoms with van der Waals surface area (Å²) in [5, 5.41) is 8.69. The highest BCUT2D eigenvalue weighted by Crippen LogP contribution is 2.27. The molecule has 0 aliphatic carbocycles. The second kappa shape index (κ2) is 10.5. The van der Waals surface area contributed by atoms with Gasteiger partial charge in [0.05, 0.1) is 35.5 Å². The van der Waals surface area contributed by atoms with Crippen LogP contribution in [0.4, 0.5) is 5.82 Å². The first-order valence-electron chi connectivity index (χ1n) is 11.9. The molecule has 4 aromatic rings. The number of amides is 1. The van der Waals surface area contributed by atoms with Crippen LogP contribution in [0, 0.1) is 13.8 Å². The van der Waals surface area contributed by atoms with E-state index in [1.807, 2.05) is 73.7 Å². The number of hydrogen-bond acceptors (Lipinski definition) is 5. The van der Waals surface area contributed by atoms with Crippen LogP contribution in [0.25, 0.3) is 16.9 Å². The maximum Gasteiger partial charge on any atom is 0.236 e. The number of nitrogens with one attached hydrogen (secondary N) is 1. The second-order valence-corrected chi connectivity index (χ2v) is 9.62. The Morgan fingerprint density at radius 2 is 1.86 bits per heavy atom. The number of anilines is 1. The Bertz CT molecular complexity index is 1290. The molecule has 1 aliphatic heterocycles. The fourth-order valence-electron chi connectivity index (χ4n) is 4.24. The molecule has 1 saturated heterocycles. The van der Waals surface area contributed by atoms with Gasteiger partial charge in [-0.1, -0.05) is 60.3 Å². The van der Waals surface area contributed by atoms with Gasteiger partial charge in [0, 0.05) is 23.9 Å². The van der Waals surface area contributed by atoms with Crippen molar-refractivity contribution in [2.75, 3.05) is 17.7 Å². The van der Waals surface area contributed by atoms with Crippen LogP contribution in [-0.4, -0.2) is 43.7 Å². The Kier molecular flexibility index (Phi) is 7.01. The van der Waals surface area contributed by atoms with Crippen molar-refractivity contribution < 1.29 is 9.53 Å². The summed E-state index contributed by atoms with van der Waals surface area (Å²) >= 11 is 1.45.